The van der Waals surface area contributed by atoms with Crippen LogP contribution in [0.3, 0.4) is 0 Å². The Morgan fingerprint density at radius 2 is 2.28 bits per heavy atom. The summed E-state index contributed by atoms with van der Waals surface area (Å²) in [5.41, 5.74) is 1.05. The molecule has 1 saturated heterocycles. The fourth-order valence-electron chi connectivity index (χ4n) is 6.31. The summed E-state index contributed by atoms with van der Waals surface area (Å²) in [6.45, 7) is 5.62. The first-order chi connectivity index (χ1) is 12.1. The number of nitrogens with zero attached hydrogens (tertiary/aromatic N) is 1. The molecule has 5 rings (SSSR count). The number of likely N-dealkylation sites (N-methyl/N-ethyl adjacent to an activating group) is 1. The van der Waals surface area contributed by atoms with Crippen molar-refractivity contribution in [2.45, 2.75) is 54.9 Å². The van der Waals surface area contributed by atoms with Crippen LogP contribution in [0.1, 0.15) is 30.4 Å². The molecule has 2 unspecified atom stereocenters. The van der Waals surface area contributed by atoms with Gasteiger partial charge in [0.2, 0.25) is 0 Å². The number of ether oxygens (including phenoxy) is 1. The average Bonchev–Trinajstić information content (AvgIpc) is 2.95. The van der Waals surface area contributed by atoms with Crippen LogP contribution in [0.25, 0.3) is 0 Å². The van der Waals surface area contributed by atoms with E-state index in [1.54, 1.807) is 6.07 Å². The minimum atomic E-state index is -0.821. The third kappa shape index (κ3) is 1.65. The summed E-state index contributed by atoms with van der Waals surface area (Å²) in [4.78, 5) is 2.38. The number of phenolic OH excluding ortho intramolecular Hbond substituents is 1. The zero-order chi connectivity index (χ0) is 17.4. The van der Waals surface area contributed by atoms with Crippen LogP contribution in [0.4, 0.5) is 0 Å². The molecule has 5 atom stereocenters. The van der Waals surface area contributed by atoms with E-state index < -0.39 is 11.0 Å². The minimum Gasteiger partial charge on any atom is -0.504 e. The van der Waals surface area contributed by atoms with Crippen molar-refractivity contribution in [2.75, 3.05) is 20.1 Å². The van der Waals surface area contributed by atoms with Gasteiger partial charge in [0.05, 0.1) is 11.0 Å². The maximum atomic E-state index is 12.0. The van der Waals surface area contributed by atoms with E-state index in [0.717, 1.165) is 44.3 Å². The smallest absolute Gasteiger partial charge is 0.165 e. The summed E-state index contributed by atoms with van der Waals surface area (Å²) >= 11 is 0. The number of likely N-dealkylation sites (tertiary alicyclic amines) is 1. The van der Waals surface area contributed by atoms with Gasteiger partial charge in [-0.05, 0) is 50.9 Å². The van der Waals surface area contributed by atoms with E-state index in [0.29, 0.717) is 5.75 Å². The number of benzene rings is 1. The highest BCUT2D eigenvalue weighted by atomic mass is 16.5. The standard InChI is InChI=1S/C20H26N2O3/c1-3-9-22-10-8-19-16-12-4-5-14(23)17(16)25-18(19)13(21-2)6-7-20(19,24)15(22)11-12/h3-5,13,15,18,21,23-24H,1,6-11H2,2H3/t13?,15-,18?,19+,20-/m1/s1. The van der Waals surface area contributed by atoms with Crippen LogP contribution in [-0.4, -0.2) is 59.0 Å². The molecule has 5 nitrogen and oxygen atoms in total. The number of rotatable bonds is 3. The highest BCUT2D eigenvalue weighted by Crippen LogP contribution is 2.65. The first-order valence-corrected chi connectivity index (χ1v) is 9.33. The van der Waals surface area contributed by atoms with Crippen molar-refractivity contribution in [3.63, 3.8) is 0 Å². The van der Waals surface area contributed by atoms with E-state index in [-0.39, 0.29) is 23.9 Å². The molecule has 25 heavy (non-hydrogen) atoms. The lowest BCUT2D eigenvalue weighted by Crippen LogP contribution is -2.77. The van der Waals surface area contributed by atoms with Crippen LogP contribution in [0.5, 0.6) is 11.5 Å². The molecule has 134 valence electrons. The van der Waals surface area contributed by atoms with Crippen LogP contribution in [-0.2, 0) is 11.8 Å². The molecule has 0 radical (unpaired) electrons. The molecule has 0 aromatic heterocycles. The molecule has 4 aliphatic rings. The quantitative estimate of drug-likeness (QED) is 0.723. The molecule has 2 heterocycles. The van der Waals surface area contributed by atoms with Gasteiger partial charge in [0.25, 0.3) is 0 Å². The molecule has 3 N–H and O–H groups in total. The fraction of sp³-hybridized carbons (Fsp3) is 0.600. The number of aliphatic hydroxyl groups is 1. The Kier molecular flexibility index (Phi) is 3.13. The molecule has 5 heteroatoms. The van der Waals surface area contributed by atoms with E-state index >= 15 is 0 Å². The van der Waals surface area contributed by atoms with Gasteiger partial charge in [-0.25, -0.2) is 0 Å². The molecule has 0 amide bonds. The van der Waals surface area contributed by atoms with Gasteiger partial charge in [-0.15, -0.1) is 6.58 Å². The van der Waals surface area contributed by atoms with Crippen molar-refractivity contribution in [1.82, 2.24) is 10.2 Å². The SMILES string of the molecule is C=CCN1CC[C@]23c4c5ccc(O)c4OC2C(NC)CC[C@@]3(O)[C@H]1C5. The first kappa shape index (κ1) is 15.7. The van der Waals surface area contributed by atoms with E-state index in [2.05, 4.69) is 16.8 Å². The molecule has 1 spiro atoms. The van der Waals surface area contributed by atoms with Crippen LogP contribution >= 0.6 is 0 Å². The Hall–Kier alpha value is -1.56. The molecule has 1 aromatic rings. The minimum absolute atomic E-state index is 0.0751. The summed E-state index contributed by atoms with van der Waals surface area (Å²) in [6, 6.07) is 4.03. The first-order valence-electron chi connectivity index (χ1n) is 9.33. The molecule has 2 aliphatic heterocycles. The largest absolute Gasteiger partial charge is 0.504 e. The lowest BCUT2D eigenvalue weighted by atomic mass is 9.48. The topological polar surface area (TPSA) is 65.0 Å². The highest BCUT2D eigenvalue weighted by molar-refractivity contribution is 5.62. The van der Waals surface area contributed by atoms with E-state index in [1.807, 2.05) is 19.2 Å². The number of hydrogen-bond acceptors (Lipinski definition) is 5. The van der Waals surface area contributed by atoms with Crippen LogP contribution in [0.2, 0.25) is 0 Å². The van der Waals surface area contributed by atoms with Gasteiger partial charge < -0.3 is 20.3 Å². The number of hydrogen-bond donors (Lipinski definition) is 3. The second kappa shape index (κ2) is 5.00. The van der Waals surface area contributed by atoms with Gasteiger partial charge >= 0.3 is 0 Å². The van der Waals surface area contributed by atoms with Gasteiger partial charge in [-0.1, -0.05) is 12.1 Å². The maximum Gasteiger partial charge on any atom is 0.165 e. The van der Waals surface area contributed by atoms with E-state index in [1.165, 1.54) is 5.56 Å². The lowest BCUT2D eigenvalue weighted by molar-refractivity contribution is -0.189. The molecule has 2 bridgehead atoms. The lowest BCUT2D eigenvalue weighted by Gasteiger charge is -2.64. The normalized spacial score (nSPS) is 41.1. The van der Waals surface area contributed by atoms with Crippen molar-refractivity contribution in [3.05, 3.63) is 35.9 Å². The van der Waals surface area contributed by atoms with Crippen LogP contribution < -0.4 is 10.1 Å². The van der Waals surface area contributed by atoms with Gasteiger partial charge in [0, 0.05) is 24.2 Å². The summed E-state index contributed by atoms with van der Waals surface area (Å²) < 4.78 is 6.36. The molecular weight excluding hydrogens is 316 g/mol. The summed E-state index contributed by atoms with van der Waals surface area (Å²) in [5.74, 6) is 0.811. The fourth-order valence-corrected chi connectivity index (χ4v) is 6.31. The van der Waals surface area contributed by atoms with Gasteiger partial charge in [-0.2, -0.15) is 0 Å². The maximum absolute atomic E-state index is 12.0. The summed E-state index contributed by atoms with van der Waals surface area (Å²) in [7, 11) is 1.96. The van der Waals surface area contributed by atoms with Crippen LogP contribution in [0.15, 0.2) is 24.8 Å². The van der Waals surface area contributed by atoms with Crippen LogP contribution in [0, 0.1) is 0 Å². The Bertz CT molecular complexity index is 751. The van der Waals surface area contributed by atoms with Crippen molar-refractivity contribution in [2.24, 2.45) is 0 Å². The molecule has 2 fully saturated rings. The van der Waals surface area contributed by atoms with Gasteiger partial charge in [0.1, 0.15) is 6.10 Å². The zero-order valence-electron chi connectivity index (χ0n) is 14.7. The molecule has 1 saturated carbocycles. The third-order valence-electron chi connectivity index (χ3n) is 7.31. The Morgan fingerprint density at radius 1 is 1.44 bits per heavy atom. The number of nitrogens with one attached hydrogen (secondary N) is 1. The summed E-state index contributed by atoms with van der Waals surface area (Å²) in [6.07, 6.45) is 5.08. The second-order valence-corrected chi connectivity index (χ2v) is 8.07. The Labute approximate surface area is 148 Å². The molecule has 1 aromatic carbocycles. The predicted molar refractivity (Wildman–Crippen MR) is 95.1 cm³/mol. The number of phenols is 1. The van der Waals surface area contributed by atoms with Crippen molar-refractivity contribution < 1.29 is 14.9 Å². The molecular formula is C20H26N2O3. The highest BCUT2D eigenvalue weighted by Gasteiger charge is 2.72. The van der Waals surface area contributed by atoms with E-state index in [4.69, 9.17) is 4.74 Å². The Balaban J connectivity index is 1.76. The second-order valence-electron chi connectivity index (χ2n) is 8.07. The monoisotopic (exact) mass is 342 g/mol. The Morgan fingerprint density at radius 3 is 3.04 bits per heavy atom. The van der Waals surface area contributed by atoms with E-state index in [9.17, 15) is 10.2 Å². The number of piperidine rings is 1. The predicted octanol–water partition coefficient (Wildman–Crippen LogP) is 1.32. The molecule has 2 aliphatic carbocycles. The number of aromatic hydroxyl groups is 1. The van der Waals surface area contributed by atoms with Crippen molar-refractivity contribution in [3.8, 4) is 11.5 Å². The van der Waals surface area contributed by atoms with Crippen molar-refractivity contribution in [1.29, 1.82) is 0 Å². The zero-order valence-corrected chi connectivity index (χ0v) is 14.7. The average molecular weight is 342 g/mol. The van der Waals surface area contributed by atoms with Gasteiger partial charge in [0.15, 0.2) is 11.5 Å². The van der Waals surface area contributed by atoms with Gasteiger partial charge in [-0.3, -0.25) is 4.90 Å². The third-order valence-corrected chi connectivity index (χ3v) is 7.31. The summed E-state index contributed by atoms with van der Waals surface area (Å²) in [5, 5.41) is 25.9. The van der Waals surface area contributed by atoms with Crippen molar-refractivity contribution >= 4 is 0 Å².